The maximum atomic E-state index is 14.1. The number of benzene rings is 1. The van der Waals surface area contributed by atoms with E-state index in [-0.39, 0.29) is 11.5 Å². The average Bonchev–Trinajstić information content (AvgIpc) is 2.59. The Kier molecular flexibility index (Phi) is 5.74. The zero-order chi connectivity index (χ0) is 20.6. The molecular formula is C22H28F3NOSi. The second-order valence-corrected chi connectivity index (χ2v) is 13.2. The van der Waals surface area contributed by atoms with Crippen LogP contribution in [-0.2, 0) is 17.3 Å². The summed E-state index contributed by atoms with van der Waals surface area (Å²) < 4.78 is 48.4. The fourth-order valence-electron chi connectivity index (χ4n) is 4.24. The van der Waals surface area contributed by atoms with Crippen molar-refractivity contribution in [2.45, 2.75) is 70.3 Å². The minimum absolute atomic E-state index is 0.252. The first-order valence-corrected chi connectivity index (χ1v) is 11.9. The van der Waals surface area contributed by atoms with E-state index in [9.17, 15) is 13.2 Å². The summed E-state index contributed by atoms with van der Waals surface area (Å²) >= 11 is 0. The Bertz CT molecular complexity index is 831. The van der Waals surface area contributed by atoms with Crippen molar-refractivity contribution < 1.29 is 17.6 Å². The fraction of sp³-hybridized carbons (Fsp3) is 0.500. The molecule has 0 saturated heterocycles. The van der Waals surface area contributed by atoms with Crippen LogP contribution >= 0.6 is 0 Å². The van der Waals surface area contributed by atoms with E-state index in [1.807, 2.05) is 52.0 Å². The lowest BCUT2D eigenvalue weighted by Crippen LogP contribution is -2.63. The first-order chi connectivity index (χ1) is 13.0. The molecule has 2 aromatic rings. The summed E-state index contributed by atoms with van der Waals surface area (Å²) in [6.07, 6.45) is -3.21. The third kappa shape index (κ3) is 4.18. The number of nitrogens with zero attached hydrogens (tertiary/aromatic N) is 1. The van der Waals surface area contributed by atoms with Crippen LogP contribution in [0.4, 0.5) is 13.2 Å². The summed E-state index contributed by atoms with van der Waals surface area (Å²) in [5.74, 6) is 0. The summed E-state index contributed by atoms with van der Waals surface area (Å²) in [5, 5.41) is 0.674. The van der Waals surface area contributed by atoms with Gasteiger partial charge in [0.05, 0.1) is 0 Å². The van der Waals surface area contributed by atoms with Gasteiger partial charge < -0.3 is 4.43 Å². The minimum atomic E-state index is -4.44. The van der Waals surface area contributed by atoms with Crippen molar-refractivity contribution in [2.75, 3.05) is 0 Å². The van der Waals surface area contributed by atoms with Crippen LogP contribution < -0.4 is 5.19 Å². The largest absolute Gasteiger partial charge is 0.413 e. The highest BCUT2D eigenvalue weighted by Gasteiger charge is 2.55. The van der Waals surface area contributed by atoms with E-state index in [1.165, 1.54) is 0 Å². The van der Waals surface area contributed by atoms with Crippen LogP contribution in [0.1, 0.15) is 44.0 Å². The minimum Gasteiger partial charge on any atom is -0.400 e. The highest BCUT2D eigenvalue weighted by atomic mass is 28.4. The van der Waals surface area contributed by atoms with E-state index in [1.54, 1.807) is 18.3 Å². The molecule has 2 nitrogen and oxygen atoms in total. The molecule has 6 heteroatoms. The van der Waals surface area contributed by atoms with Gasteiger partial charge in [0.2, 0.25) is 8.32 Å². The van der Waals surface area contributed by atoms with Crippen LogP contribution in [0.5, 0.6) is 0 Å². The summed E-state index contributed by atoms with van der Waals surface area (Å²) in [7, 11) is -2.89. The summed E-state index contributed by atoms with van der Waals surface area (Å²) in [4.78, 5) is 4.15. The molecule has 3 rings (SSSR count). The predicted octanol–water partition coefficient (Wildman–Crippen LogP) is 5.48. The lowest BCUT2D eigenvalue weighted by Gasteiger charge is -2.47. The van der Waals surface area contributed by atoms with Crippen molar-refractivity contribution in [3.63, 3.8) is 0 Å². The molecule has 2 atom stereocenters. The molecule has 1 aromatic heterocycles. The van der Waals surface area contributed by atoms with Gasteiger partial charge in [-0.1, -0.05) is 45.0 Å². The van der Waals surface area contributed by atoms with Crippen molar-refractivity contribution in [3.05, 3.63) is 59.4 Å². The number of rotatable bonds is 4. The van der Waals surface area contributed by atoms with Crippen LogP contribution in [0.2, 0.25) is 11.1 Å². The summed E-state index contributed by atoms with van der Waals surface area (Å²) in [5.41, 5.74) is 2.46. The van der Waals surface area contributed by atoms with E-state index in [2.05, 4.69) is 4.98 Å². The molecule has 0 spiro atoms. The SMILES string of the molecule is Cc1ccnc(C[C@@H](O[Si@@]2(C(C)(C)C)CCCc3ccccc32)C(F)(F)F)c1. The standard InChI is InChI=1S/C22H28F3NOSi/c1-16-11-12-26-18(14-16)15-20(22(23,24)25)27-28(21(2,3)4)13-7-9-17-8-5-6-10-19(17)28/h5-6,8,10-12,14,20H,7,9,13,15H2,1-4H3/t20-,28+/m1/s1. The molecule has 28 heavy (non-hydrogen) atoms. The Morgan fingerprint density at radius 1 is 1.14 bits per heavy atom. The lowest BCUT2D eigenvalue weighted by molar-refractivity contribution is -0.198. The van der Waals surface area contributed by atoms with Crippen molar-refractivity contribution in [2.24, 2.45) is 0 Å². The number of aromatic nitrogens is 1. The first-order valence-electron chi connectivity index (χ1n) is 9.77. The highest BCUT2D eigenvalue weighted by molar-refractivity contribution is 6.89. The lowest BCUT2D eigenvalue weighted by atomic mass is 10.1. The molecule has 1 aliphatic heterocycles. The number of hydrogen-bond donors (Lipinski definition) is 0. The molecule has 0 bridgehead atoms. The van der Waals surface area contributed by atoms with Gasteiger partial charge >= 0.3 is 6.18 Å². The van der Waals surface area contributed by atoms with Crippen LogP contribution in [0.15, 0.2) is 42.6 Å². The molecule has 0 radical (unpaired) electrons. The normalized spacial score (nSPS) is 21.2. The topological polar surface area (TPSA) is 22.1 Å². The molecular weight excluding hydrogens is 379 g/mol. The molecule has 2 heterocycles. The maximum absolute atomic E-state index is 14.1. The number of halogens is 3. The van der Waals surface area contributed by atoms with Crippen molar-refractivity contribution in [1.29, 1.82) is 0 Å². The first kappa shape index (κ1) is 21.1. The van der Waals surface area contributed by atoms with Crippen LogP contribution in [-0.4, -0.2) is 25.6 Å². The van der Waals surface area contributed by atoms with E-state index in [0.29, 0.717) is 11.7 Å². The summed E-state index contributed by atoms with van der Waals surface area (Å²) in [6.45, 7) is 7.94. The Hall–Kier alpha value is -1.66. The monoisotopic (exact) mass is 407 g/mol. The molecule has 0 amide bonds. The van der Waals surface area contributed by atoms with Gasteiger partial charge in [-0.2, -0.15) is 13.2 Å². The van der Waals surface area contributed by atoms with E-state index in [4.69, 9.17) is 4.43 Å². The number of pyridine rings is 1. The number of aryl methyl sites for hydroxylation is 2. The smallest absolute Gasteiger partial charge is 0.400 e. The Balaban J connectivity index is 2.04. The molecule has 0 unspecified atom stereocenters. The van der Waals surface area contributed by atoms with Crippen molar-refractivity contribution in [1.82, 2.24) is 4.98 Å². The zero-order valence-electron chi connectivity index (χ0n) is 16.9. The van der Waals surface area contributed by atoms with Gasteiger partial charge in [0.1, 0.15) is 6.10 Å². The third-order valence-electron chi connectivity index (χ3n) is 5.71. The number of hydrogen-bond acceptors (Lipinski definition) is 2. The van der Waals surface area contributed by atoms with E-state index < -0.39 is 20.6 Å². The second kappa shape index (κ2) is 7.63. The van der Waals surface area contributed by atoms with E-state index >= 15 is 0 Å². The van der Waals surface area contributed by atoms with Gasteiger partial charge in [-0.3, -0.25) is 4.98 Å². The average molecular weight is 408 g/mol. The molecule has 0 saturated carbocycles. The van der Waals surface area contributed by atoms with Gasteiger partial charge in [0.15, 0.2) is 0 Å². The van der Waals surface area contributed by atoms with Gasteiger partial charge in [-0.25, -0.2) is 0 Å². The molecule has 0 fully saturated rings. The Morgan fingerprint density at radius 2 is 1.86 bits per heavy atom. The molecule has 0 aliphatic carbocycles. The summed E-state index contributed by atoms with van der Waals surface area (Å²) in [6, 6.07) is 12.1. The Labute approximate surface area is 166 Å². The zero-order valence-corrected chi connectivity index (χ0v) is 17.9. The second-order valence-electron chi connectivity index (χ2n) is 8.76. The molecule has 1 aromatic carbocycles. The van der Waals surface area contributed by atoms with E-state index in [0.717, 1.165) is 29.2 Å². The third-order valence-corrected chi connectivity index (χ3v) is 11.2. The number of fused-ring (bicyclic) bond motifs is 1. The van der Waals surface area contributed by atoms with Gasteiger partial charge in [-0.05, 0) is 59.3 Å². The van der Waals surface area contributed by atoms with Gasteiger partial charge in [0.25, 0.3) is 0 Å². The predicted molar refractivity (Wildman–Crippen MR) is 108 cm³/mol. The van der Waals surface area contributed by atoms with Crippen LogP contribution in [0.3, 0.4) is 0 Å². The number of alkyl halides is 3. The molecule has 152 valence electrons. The van der Waals surface area contributed by atoms with Crippen LogP contribution in [0.25, 0.3) is 0 Å². The molecule has 0 N–H and O–H groups in total. The Morgan fingerprint density at radius 3 is 2.50 bits per heavy atom. The maximum Gasteiger partial charge on any atom is 0.413 e. The van der Waals surface area contributed by atoms with Crippen molar-refractivity contribution in [3.8, 4) is 0 Å². The fourth-order valence-corrected chi connectivity index (χ4v) is 9.14. The van der Waals surface area contributed by atoms with Crippen LogP contribution in [0, 0.1) is 6.92 Å². The van der Waals surface area contributed by atoms with Crippen molar-refractivity contribution >= 4 is 13.5 Å². The quantitative estimate of drug-likeness (QED) is 0.626. The van der Waals surface area contributed by atoms with Gasteiger partial charge in [0, 0.05) is 18.3 Å². The highest BCUT2D eigenvalue weighted by Crippen LogP contribution is 2.45. The molecule has 1 aliphatic rings. The van der Waals surface area contributed by atoms with Gasteiger partial charge in [-0.15, -0.1) is 0 Å².